The number of ether oxygens (including phenoxy) is 1. The summed E-state index contributed by atoms with van der Waals surface area (Å²) in [5, 5.41) is 0.525. The molecular formula is C29H22O5S. The van der Waals surface area contributed by atoms with Crippen LogP contribution < -0.4 is 10.2 Å². The molecule has 5 rings (SSSR count). The minimum atomic E-state index is -3.30. The van der Waals surface area contributed by atoms with E-state index in [0.29, 0.717) is 40.2 Å². The third-order valence-corrected chi connectivity index (χ3v) is 6.88. The van der Waals surface area contributed by atoms with E-state index in [2.05, 4.69) is 0 Å². The molecule has 1 heterocycles. The molecule has 0 saturated carbocycles. The zero-order chi connectivity index (χ0) is 24.4. The van der Waals surface area contributed by atoms with Crippen molar-refractivity contribution >= 4 is 20.8 Å². The third kappa shape index (κ3) is 4.74. The normalized spacial score (nSPS) is 11.5. The lowest BCUT2D eigenvalue weighted by Gasteiger charge is -2.14. The van der Waals surface area contributed by atoms with Crippen LogP contribution in [0.5, 0.6) is 11.5 Å². The fourth-order valence-corrected chi connectivity index (χ4v) is 4.62. The Morgan fingerprint density at radius 1 is 0.771 bits per heavy atom. The summed E-state index contributed by atoms with van der Waals surface area (Å²) in [6.45, 7) is 0. The Morgan fingerprint density at radius 2 is 1.43 bits per heavy atom. The van der Waals surface area contributed by atoms with Gasteiger partial charge in [0.25, 0.3) is 0 Å². The molecule has 0 aliphatic carbocycles. The summed E-state index contributed by atoms with van der Waals surface area (Å²) in [7, 11) is -3.30. The van der Waals surface area contributed by atoms with Gasteiger partial charge in [0.1, 0.15) is 22.8 Å². The molecule has 0 saturated heterocycles. The van der Waals surface area contributed by atoms with Gasteiger partial charge in [-0.25, -0.2) is 8.42 Å². The third-order valence-electron chi connectivity index (χ3n) is 5.75. The predicted octanol–water partition coefficient (Wildman–Crippen LogP) is 6.25. The van der Waals surface area contributed by atoms with Crippen LogP contribution in [-0.2, 0) is 16.3 Å². The zero-order valence-corrected chi connectivity index (χ0v) is 19.8. The maximum Gasteiger partial charge on any atom is 0.196 e. The maximum absolute atomic E-state index is 13.6. The zero-order valence-electron chi connectivity index (χ0n) is 19.0. The van der Waals surface area contributed by atoms with Crippen molar-refractivity contribution in [3.8, 4) is 22.8 Å². The highest BCUT2D eigenvalue weighted by molar-refractivity contribution is 7.90. The van der Waals surface area contributed by atoms with E-state index < -0.39 is 9.84 Å². The van der Waals surface area contributed by atoms with Crippen molar-refractivity contribution in [3.63, 3.8) is 0 Å². The Morgan fingerprint density at radius 3 is 2.17 bits per heavy atom. The Balaban J connectivity index is 1.57. The molecule has 174 valence electrons. The minimum Gasteiger partial charge on any atom is -0.457 e. The van der Waals surface area contributed by atoms with Gasteiger partial charge in [-0.2, -0.15) is 0 Å². The van der Waals surface area contributed by atoms with Gasteiger partial charge in [-0.05, 0) is 48.0 Å². The first-order valence-corrected chi connectivity index (χ1v) is 13.0. The van der Waals surface area contributed by atoms with Gasteiger partial charge in [0.2, 0.25) is 0 Å². The smallest absolute Gasteiger partial charge is 0.196 e. The van der Waals surface area contributed by atoms with Gasteiger partial charge in [-0.3, -0.25) is 4.79 Å². The molecule has 0 radical (unpaired) electrons. The van der Waals surface area contributed by atoms with Crippen molar-refractivity contribution in [2.24, 2.45) is 0 Å². The molecule has 0 aliphatic heterocycles. The van der Waals surface area contributed by atoms with E-state index in [-0.39, 0.29) is 10.3 Å². The average Bonchev–Trinajstić information content (AvgIpc) is 2.87. The maximum atomic E-state index is 13.6. The van der Waals surface area contributed by atoms with E-state index in [1.54, 1.807) is 24.3 Å². The Kier molecular flexibility index (Phi) is 5.97. The van der Waals surface area contributed by atoms with E-state index in [0.717, 1.165) is 17.4 Å². The Bertz CT molecular complexity index is 1670. The molecule has 0 unspecified atom stereocenters. The number of fused-ring (bicyclic) bond motifs is 1. The minimum absolute atomic E-state index is 0.0852. The first kappa shape index (κ1) is 22.6. The topological polar surface area (TPSA) is 73.6 Å². The van der Waals surface area contributed by atoms with Crippen LogP contribution in [0.4, 0.5) is 0 Å². The van der Waals surface area contributed by atoms with Crippen molar-refractivity contribution in [1.82, 2.24) is 0 Å². The van der Waals surface area contributed by atoms with Crippen LogP contribution >= 0.6 is 0 Å². The summed E-state index contributed by atoms with van der Waals surface area (Å²) >= 11 is 0. The molecule has 0 aliphatic rings. The lowest BCUT2D eigenvalue weighted by atomic mass is 9.98. The molecule has 35 heavy (non-hydrogen) atoms. The van der Waals surface area contributed by atoms with Crippen molar-refractivity contribution < 1.29 is 17.6 Å². The molecule has 6 heteroatoms. The molecule has 0 atom stereocenters. The average molecular weight is 483 g/mol. The van der Waals surface area contributed by atoms with Gasteiger partial charge in [-0.1, -0.05) is 60.7 Å². The SMILES string of the molecule is CS(=O)(=O)c1ccc(Oc2ccccc2Cc2c(-c3ccccc3)oc3ccccc3c2=O)cc1. The highest BCUT2D eigenvalue weighted by atomic mass is 32.2. The molecule has 0 N–H and O–H groups in total. The molecule has 5 nitrogen and oxygen atoms in total. The van der Waals surface area contributed by atoms with Crippen molar-refractivity contribution in [3.05, 3.63) is 124 Å². The summed E-state index contributed by atoms with van der Waals surface area (Å²) in [6.07, 6.45) is 1.46. The molecule has 0 bridgehead atoms. The number of benzene rings is 4. The van der Waals surface area contributed by atoms with Crippen LogP contribution in [0.2, 0.25) is 0 Å². The number of sulfone groups is 1. The molecule has 4 aromatic carbocycles. The first-order valence-electron chi connectivity index (χ1n) is 11.1. The molecular weight excluding hydrogens is 460 g/mol. The summed E-state index contributed by atoms with van der Waals surface area (Å²) in [5.74, 6) is 1.60. The number of hydrogen-bond donors (Lipinski definition) is 0. The second-order valence-corrected chi connectivity index (χ2v) is 10.2. The summed E-state index contributed by atoms with van der Waals surface area (Å²) < 4.78 is 35.8. The highest BCUT2D eigenvalue weighted by Gasteiger charge is 2.18. The van der Waals surface area contributed by atoms with Gasteiger partial charge in [0, 0.05) is 23.8 Å². The van der Waals surface area contributed by atoms with Crippen LogP contribution in [0.25, 0.3) is 22.3 Å². The van der Waals surface area contributed by atoms with Gasteiger partial charge < -0.3 is 9.15 Å². The van der Waals surface area contributed by atoms with E-state index in [1.807, 2.05) is 66.7 Å². The molecule has 0 spiro atoms. The fraction of sp³-hybridized carbons (Fsp3) is 0.0690. The summed E-state index contributed by atoms with van der Waals surface area (Å²) in [6, 6.07) is 30.5. The van der Waals surface area contributed by atoms with Crippen molar-refractivity contribution in [2.45, 2.75) is 11.3 Å². The van der Waals surface area contributed by atoms with E-state index in [9.17, 15) is 13.2 Å². The number of para-hydroxylation sites is 2. The molecule has 5 aromatic rings. The summed E-state index contributed by atoms with van der Waals surface area (Å²) in [5.41, 5.74) is 2.62. The predicted molar refractivity (Wildman–Crippen MR) is 137 cm³/mol. The van der Waals surface area contributed by atoms with E-state index in [4.69, 9.17) is 9.15 Å². The lowest BCUT2D eigenvalue weighted by Crippen LogP contribution is -2.12. The molecule has 0 fully saturated rings. The Hall–Kier alpha value is -4.16. The second kappa shape index (κ2) is 9.24. The highest BCUT2D eigenvalue weighted by Crippen LogP contribution is 2.31. The first-order chi connectivity index (χ1) is 16.9. The number of rotatable bonds is 6. The fourth-order valence-electron chi connectivity index (χ4n) is 3.99. The van der Waals surface area contributed by atoms with Gasteiger partial charge in [-0.15, -0.1) is 0 Å². The van der Waals surface area contributed by atoms with Crippen LogP contribution in [-0.4, -0.2) is 14.7 Å². The lowest BCUT2D eigenvalue weighted by molar-refractivity contribution is 0.476. The van der Waals surface area contributed by atoms with Crippen molar-refractivity contribution in [1.29, 1.82) is 0 Å². The van der Waals surface area contributed by atoms with Gasteiger partial charge in [0.05, 0.1) is 10.3 Å². The molecule has 1 aromatic heterocycles. The van der Waals surface area contributed by atoms with E-state index >= 15 is 0 Å². The van der Waals surface area contributed by atoms with Crippen LogP contribution in [0.15, 0.2) is 117 Å². The number of hydrogen-bond acceptors (Lipinski definition) is 5. The monoisotopic (exact) mass is 482 g/mol. The van der Waals surface area contributed by atoms with Crippen LogP contribution in [0.1, 0.15) is 11.1 Å². The van der Waals surface area contributed by atoms with Gasteiger partial charge in [0.15, 0.2) is 15.3 Å². The second-order valence-electron chi connectivity index (χ2n) is 8.23. The van der Waals surface area contributed by atoms with Crippen LogP contribution in [0.3, 0.4) is 0 Å². The summed E-state index contributed by atoms with van der Waals surface area (Å²) in [4.78, 5) is 13.8. The Labute approximate surface area is 203 Å². The van der Waals surface area contributed by atoms with Crippen molar-refractivity contribution in [2.75, 3.05) is 6.26 Å². The molecule has 0 amide bonds. The largest absolute Gasteiger partial charge is 0.457 e. The quantitative estimate of drug-likeness (QED) is 0.286. The standard InChI is InChI=1S/C29H22O5S/c1-35(31,32)23-17-15-22(16-18-23)33-26-13-7-5-11-21(26)19-25-28(30)24-12-6-8-14-27(24)34-29(25)20-9-3-2-4-10-20/h2-18H,19H2,1H3. The van der Waals surface area contributed by atoms with E-state index in [1.165, 1.54) is 12.1 Å². The van der Waals surface area contributed by atoms with Gasteiger partial charge >= 0.3 is 0 Å². The van der Waals surface area contributed by atoms with Crippen LogP contribution in [0, 0.1) is 0 Å².